The second-order valence-electron chi connectivity index (χ2n) is 5.78. The summed E-state index contributed by atoms with van der Waals surface area (Å²) in [5, 5.41) is 3.09. The number of carbonyl (C=O) groups is 1. The van der Waals surface area contributed by atoms with Crippen LogP contribution in [0.1, 0.15) is 46.8 Å². The molecule has 4 heteroatoms. The van der Waals surface area contributed by atoms with Crippen LogP contribution in [0.2, 0.25) is 0 Å². The molecule has 1 N–H and O–H groups in total. The van der Waals surface area contributed by atoms with Crippen LogP contribution in [-0.4, -0.2) is 19.1 Å². The third kappa shape index (κ3) is 5.39. The number of benzene rings is 1. The van der Waals surface area contributed by atoms with Crippen LogP contribution in [0.15, 0.2) is 36.4 Å². The number of thiophene rings is 1. The van der Waals surface area contributed by atoms with Crippen LogP contribution in [0.3, 0.4) is 0 Å². The molecule has 0 saturated heterocycles. The van der Waals surface area contributed by atoms with Crippen molar-refractivity contribution in [2.24, 2.45) is 0 Å². The van der Waals surface area contributed by atoms with Crippen molar-refractivity contribution < 1.29 is 9.53 Å². The molecule has 0 fully saturated rings. The highest BCUT2D eigenvalue weighted by atomic mass is 32.1. The molecule has 2 rings (SSSR count). The molecule has 1 amide bonds. The maximum atomic E-state index is 12.3. The van der Waals surface area contributed by atoms with Crippen molar-refractivity contribution in [3.63, 3.8) is 0 Å². The van der Waals surface area contributed by atoms with Crippen LogP contribution < -0.4 is 10.1 Å². The summed E-state index contributed by atoms with van der Waals surface area (Å²) in [5.74, 6) is 0.912. The number of hydrogen-bond acceptors (Lipinski definition) is 3. The Hall–Kier alpha value is -1.81. The average Bonchev–Trinajstić information content (AvgIpc) is 3.02. The van der Waals surface area contributed by atoms with E-state index in [1.54, 1.807) is 18.4 Å². The van der Waals surface area contributed by atoms with E-state index in [0.717, 1.165) is 36.3 Å². The first-order chi connectivity index (χ1) is 11.1. The van der Waals surface area contributed by atoms with Crippen molar-refractivity contribution >= 4 is 17.2 Å². The van der Waals surface area contributed by atoms with Gasteiger partial charge >= 0.3 is 0 Å². The normalized spacial score (nSPS) is 12.0. The molecule has 0 aliphatic heterocycles. The Morgan fingerprint density at radius 3 is 2.57 bits per heavy atom. The molecule has 23 heavy (non-hydrogen) atoms. The summed E-state index contributed by atoms with van der Waals surface area (Å²) < 4.78 is 5.16. The maximum absolute atomic E-state index is 12.3. The van der Waals surface area contributed by atoms with Crippen LogP contribution in [0.5, 0.6) is 5.75 Å². The Labute approximate surface area is 142 Å². The molecule has 0 radical (unpaired) electrons. The third-order valence-electron chi connectivity index (χ3n) is 3.78. The fourth-order valence-corrected chi connectivity index (χ4v) is 3.44. The van der Waals surface area contributed by atoms with E-state index in [1.165, 1.54) is 10.4 Å². The van der Waals surface area contributed by atoms with Gasteiger partial charge in [0.2, 0.25) is 0 Å². The van der Waals surface area contributed by atoms with E-state index in [9.17, 15) is 4.79 Å². The Balaban J connectivity index is 1.80. The second-order valence-corrected chi connectivity index (χ2v) is 6.95. The van der Waals surface area contributed by atoms with E-state index >= 15 is 0 Å². The molecule has 1 atom stereocenters. The van der Waals surface area contributed by atoms with Gasteiger partial charge in [0, 0.05) is 10.9 Å². The number of carbonyl (C=O) groups excluding carboxylic acids is 1. The number of ether oxygens (including phenoxy) is 1. The summed E-state index contributed by atoms with van der Waals surface area (Å²) in [4.78, 5) is 14.3. The zero-order valence-electron chi connectivity index (χ0n) is 14.1. The van der Waals surface area contributed by atoms with Crippen molar-refractivity contribution in [3.8, 4) is 5.75 Å². The zero-order chi connectivity index (χ0) is 16.7. The molecular formula is C19H25NO2S. The maximum Gasteiger partial charge on any atom is 0.261 e. The molecule has 0 aliphatic rings. The number of amides is 1. The molecule has 3 nitrogen and oxygen atoms in total. The van der Waals surface area contributed by atoms with Gasteiger partial charge in [-0.25, -0.2) is 0 Å². The molecule has 1 aromatic heterocycles. The molecule has 124 valence electrons. The van der Waals surface area contributed by atoms with E-state index in [-0.39, 0.29) is 11.9 Å². The van der Waals surface area contributed by atoms with Gasteiger partial charge in [-0.2, -0.15) is 0 Å². The molecule has 1 unspecified atom stereocenters. The second kappa shape index (κ2) is 8.73. The highest BCUT2D eigenvalue weighted by Crippen LogP contribution is 2.18. The van der Waals surface area contributed by atoms with Crippen molar-refractivity contribution in [2.45, 2.75) is 45.6 Å². The van der Waals surface area contributed by atoms with Gasteiger partial charge in [0.15, 0.2) is 0 Å². The zero-order valence-corrected chi connectivity index (χ0v) is 14.9. The fourth-order valence-electron chi connectivity index (χ4n) is 2.42. The van der Waals surface area contributed by atoms with Crippen LogP contribution in [0.4, 0.5) is 0 Å². The minimum atomic E-state index is 0.0413. The number of rotatable bonds is 8. The Bertz CT molecular complexity index is 619. The van der Waals surface area contributed by atoms with Gasteiger partial charge in [0.1, 0.15) is 5.75 Å². The topological polar surface area (TPSA) is 38.3 Å². The molecular weight excluding hydrogens is 306 g/mol. The first-order valence-electron chi connectivity index (χ1n) is 8.15. The van der Waals surface area contributed by atoms with Gasteiger partial charge in [-0.3, -0.25) is 4.79 Å². The highest BCUT2D eigenvalue weighted by Gasteiger charge is 2.12. The van der Waals surface area contributed by atoms with E-state index in [1.807, 2.05) is 18.2 Å². The largest absolute Gasteiger partial charge is 0.497 e. The predicted molar refractivity (Wildman–Crippen MR) is 96.6 cm³/mol. The Morgan fingerprint density at radius 1 is 1.17 bits per heavy atom. The summed E-state index contributed by atoms with van der Waals surface area (Å²) in [6.07, 6.45) is 4.02. The van der Waals surface area contributed by atoms with Gasteiger partial charge in [-0.1, -0.05) is 25.5 Å². The number of hydrogen-bond donors (Lipinski definition) is 1. The van der Waals surface area contributed by atoms with Crippen molar-refractivity contribution in [1.82, 2.24) is 5.32 Å². The van der Waals surface area contributed by atoms with Gasteiger partial charge < -0.3 is 10.1 Å². The summed E-state index contributed by atoms with van der Waals surface area (Å²) in [6.45, 7) is 4.21. The smallest absolute Gasteiger partial charge is 0.261 e. The Morgan fingerprint density at radius 2 is 1.91 bits per heavy atom. The van der Waals surface area contributed by atoms with Gasteiger partial charge in [0.05, 0.1) is 12.0 Å². The SMILES string of the molecule is CCCc1ccc(C(=O)NC(C)CCc2ccc(OC)cc2)s1. The van der Waals surface area contributed by atoms with Crippen molar-refractivity contribution in [2.75, 3.05) is 7.11 Å². The predicted octanol–water partition coefficient (Wildman–Crippen LogP) is 4.46. The summed E-state index contributed by atoms with van der Waals surface area (Å²) in [7, 11) is 1.67. The highest BCUT2D eigenvalue weighted by molar-refractivity contribution is 7.14. The van der Waals surface area contributed by atoms with E-state index in [4.69, 9.17) is 4.74 Å². The molecule has 0 bridgehead atoms. The molecule has 0 saturated carbocycles. The monoisotopic (exact) mass is 331 g/mol. The standard InChI is InChI=1S/C19H25NO2S/c1-4-5-17-12-13-18(23-17)19(21)20-14(2)6-7-15-8-10-16(22-3)11-9-15/h8-14H,4-7H2,1-3H3,(H,20,21). The summed E-state index contributed by atoms with van der Waals surface area (Å²) in [5.41, 5.74) is 1.26. The minimum absolute atomic E-state index is 0.0413. The van der Waals surface area contributed by atoms with Gasteiger partial charge in [-0.15, -0.1) is 11.3 Å². The first-order valence-corrected chi connectivity index (χ1v) is 8.96. The van der Waals surface area contributed by atoms with Crippen LogP contribution in [0, 0.1) is 0 Å². The van der Waals surface area contributed by atoms with Crippen molar-refractivity contribution in [1.29, 1.82) is 0 Å². The quantitative estimate of drug-likeness (QED) is 0.775. The molecule has 0 spiro atoms. The minimum Gasteiger partial charge on any atom is -0.497 e. The van der Waals surface area contributed by atoms with E-state index in [0.29, 0.717) is 0 Å². The molecule has 2 aromatic rings. The summed E-state index contributed by atoms with van der Waals surface area (Å²) in [6, 6.07) is 12.2. The first kappa shape index (κ1) is 17.5. The lowest BCUT2D eigenvalue weighted by atomic mass is 10.1. The number of aryl methyl sites for hydroxylation is 2. The Kier molecular flexibility index (Phi) is 6.66. The fraction of sp³-hybridized carbons (Fsp3) is 0.421. The van der Waals surface area contributed by atoms with Crippen LogP contribution in [-0.2, 0) is 12.8 Å². The summed E-state index contributed by atoms with van der Waals surface area (Å²) >= 11 is 1.60. The molecule has 0 aliphatic carbocycles. The van der Waals surface area contributed by atoms with Crippen molar-refractivity contribution in [3.05, 3.63) is 51.7 Å². The lowest BCUT2D eigenvalue weighted by Crippen LogP contribution is -2.32. The number of methoxy groups -OCH3 is 1. The molecule has 1 aromatic carbocycles. The van der Waals surface area contributed by atoms with Gasteiger partial charge in [0.25, 0.3) is 5.91 Å². The third-order valence-corrected chi connectivity index (χ3v) is 4.93. The average molecular weight is 331 g/mol. The lowest BCUT2D eigenvalue weighted by Gasteiger charge is -2.13. The number of nitrogens with one attached hydrogen (secondary N) is 1. The van der Waals surface area contributed by atoms with Gasteiger partial charge in [-0.05, 0) is 56.0 Å². The van der Waals surface area contributed by atoms with Crippen LogP contribution >= 0.6 is 11.3 Å². The van der Waals surface area contributed by atoms with E-state index in [2.05, 4.69) is 37.4 Å². The lowest BCUT2D eigenvalue weighted by molar-refractivity contribution is 0.0942. The molecule has 1 heterocycles. The van der Waals surface area contributed by atoms with Crippen LogP contribution in [0.25, 0.3) is 0 Å². The van der Waals surface area contributed by atoms with E-state index < -0.39 is 0 Å².